The molecule has 2 N–H and O–H groups in total. The van der Waals surface area contributed by atoms with Gasteiger partial charge in [-0.15, -0.1) is 0 Å². The third-order valence-corrected chi connectivity index (χ3v) is 4.91. The number of imidazole rings is 1. The molecule has 32 heavy (non-hydrogen) atoms. The maximum atomic E-state index is 12.9. The summed E-state index contributed by atoms with van der Waals surface area (Å²) in [5, 5.41) is 3.96. The Labute approximate surface area is 178 Å². The SMILES string of the molecule is Cc1cc(-c2ccc(C(F)(F)F)cc2)cn2c(-c3nc(-c4cnc(N)nc4)no3)cnc12. The summed E-state index contributed by atoms with van der Waals surface area (Å²) in [7, 11) is 0. The van der Waals surface area contributed by atoms with E-state index in [1.807, 2.05) is 13.0 Å². The number of pyridine rings is 1. The molecule has 5 rings (SSSR count). The van der Waals surface area contributed by atoms with Gasteiger partial charge in [-0.3, -0.25) is 4.40 Å². The van der Waals surface area contributed by atoms with Crippen molar-refractivity contribution in [2.45, 2.75) is 13.1 Å². The van der Waals surface area contributed by atoms with Gasteiger partial charge in [0.15, 0.2) is 0 Å². The lowest BCUT2D eigenvalue weighted by atomic mass is 10.0. The third-order valence-electron chi connectivity index (χ3n) is 4.91. The molecule has 0 saturated carbocycles. The molecule has 0 amide bonds. The number of aryl methyl sites for hydroxylation is 1. The third kappa shape index (κ3) is 3.43. The molecule has 160 valence electrons. The number of benzene rings is 1. The first-order valence-corrected chi connectivity index (χ1v) is 9.37. The van der Waals surface area contributed by atoms with Crippen molar-refractivity contribution in [3.63, 3.8) is 0 Å². The molecule has 0 aliphatic heterocycles. The average molecular weight is 437 g/mol. The van der Waals surface area contributed by atoms with Crippen molar-refractivity contribution in [1.29, 1.82) is 0 Å². The van der Waals surface area contributed by atoms with Gasteiger partial charge in [-0.25, -0.2) is 15.0 Å². The van der Waals surface area contributed by atoms with Gasteiger partial charge in [0.2, 0.25) is 11.8 Å². The van der Waals surface area contributed by atoms with E-state index in [4.69, 9.17) is 10.3 Å². The fourth-order valence-electron chi connectivity index (χ4n) is 3.32. The Hall–Kier alpha value is -4.28. The molecule has 0 spiro atoms. The zero-order chi connectivity index (χ0) is 22.5. The number of nitrogen functional groups attached to an aromatic ring is 1. The van der Waals surface area contributed by atoms with Crippen LogP contribution in [-0.4, -0.2) is 29.5 Å². The number of nitrogens with two attached hydrogens (primary N) is 1. The molecule has 0 unspecified atom stereocenters. The molecule has 0 bridgehead atoms. The fraction of sp³-hybridized carbons (Fsp3) is 0.0952. The summed E-state index contributed by atoms with van der Waals surface area (Å²) in [6, 6.07) is 6.85. The van der Waals surface area contributed by atoms with Crippen molar-refractivity contribution in [3.05, 3.63) is 66.2 Å². The molecule has 4 aromatic heterocycles. The maximum Gasteiger partial charge on any atom is 0.416 e. The molecule has 5 aromatic rings. The smallest absolute Gasteiger partial charge is 0.368 e. The minimum Gasteiger partial charge on any atom is -0.368 e. The highest BCUT2D eigenvalue weighted by atomic mass is 19.4. The Morgan fingerprint density at radius 3 is 2.34 bits per heavy atom. The summed E-state index contributed by atoms with van der Waals surface area (Å²) in [5.41, 5.74) is 8.71. The zero-order valence-corrected chi connectivity index (χ0v) is 16.5. The van der Waals surface area contributed by atoms with E-state index in [-0.39, 0.29) is 17.7 Å². The lowest BCUT2D eigenvalue weighted by Gasteiger charge is -2.09. The number of anilines is 1. The van der Waals surface area contributed by atoms with Crippen LogP contribution in [-0.2, 0) is 6.18 Å². The van der Waals surface area contributed by atoms with E-state index in [9.17, 15) is 13.2 Å². The van der Waals surface area contributed by atoms with Gasteiger partial charge in [0.1, 0.15) is 11.3 Å². The first-order chi connectivity index (χ1) is 15.3. The topological polar surface area (TPSA) is 108 Å². The quantitative estimate of drug-likeness (QED) is 0.445. The van der Waals surface area contributed by atoms with Gasteiger partial charge in [-0.2, -0.15) is 18.2 Å². The van der Waals surface area contributed by atoms with E-state index < -0.39 is 11.7 Å². The van der Waals surface area contributed by atoms with Crippen LogP contribution in [0.1, 0.15) is 11.1 Å². The Morgan fingerprint density at radius 2 is 1.66 bits per heavy atom. The van der Waals surface area contributed by atoms with Crippen molar-refractivity contribution in [2.75, 3.05) is 5.73 Å². The monoisotopic (exact) mass is 437 g/mol. The molecule has 0 fully saturated rings. The number of nitrogens with zero attached hydrogens (tertiary/aromatic N) is 6. The summed E-state index contributed by atoms with van der Waals surface area (Å²) < 4.78 is 45.8. The maximum absolute atomic E-state index is 12.9. The van der Waals surface area contributed by atoms with Crippen molar-refractivity contribution >= 4 is 11.6 Å². The molecular weight excluding hydrogens is 423 g/mol. The number of halogens is 3. The summed E-state index contributed by atoms with van der Waals surface area (Å²) in [4.78, 5) is 16.6. The van der Waals surface area contributed by atoms with Gasteiger partial charge in [0.05, 0.1) is 17.3 Å². The first-order valence-electron chi connectivity index (χ1n) is 9.37. The van der Waals surface area contributed by atoms with Crippen LogP contribution >= 0.6 is 0 Å². The Bertz CT molecular complexity index is 1420. The van der Waals surface area contributed by atoms with Crippen molar-refractivity contribution in [3.8, 4) is 34.1 Å². The normalized spacial score (nSPS) is 11.9. The van der Waals surface area contributed by atoms with E-state index in [2.05, 4.69) is 25.1 Å². The Balaban J connectivity index is 1.56. The van der Waals surface area contributed by atoms with Gasteiger partial charge in [0.25, 0.3) is 5.89 Å². The molecule has 0 aliphatic rings. The minimum absolute atomic E-state index is 0.130. The molecular formula is C21H14F3N7O. The van der Waals surface area contributed by atoms with Crippen LogP contribution in [0.3, 0.4) is 0 Å². The van der Waals surface area contributed by atoms with Crippen LogP contribution in [0.4, 0.5) is 19.1 Å². The molecule has 11 heteroatoms. The molecule has 1 aromatic carbocycles. The van der Waals surface area contributed by atoms with Crippen molar-refractivity contribution in [2.24, 2.45) is 0 Å². The van der Waals surface area contributed by atoms with E-state index in [0.29, 0.717) is 22.5 Å². The van der Waals surface area contributed by atoms with Crippen LogP contribution in [0, 0.1) is 6.92 Å². The van der Waals surface area contributed by atoms with E-state index >= 15 is 0 Å². The van der Waals surface area contributed by atoms with E-state index in [1.165, 1.54) is 24.5 Å². The van der Waals surface area contributed by atoms with Crippen LogP contribution in [0.2, 0.25) is 0 Å². The first kappa shape index (κ1) is 19.7. The summed E-state index contributed by atoms with van der Waals surface area (Å²) in [6.45, 7) is 1.87. The number of rotatable bonds is 3. The molecule has 0 aliphatic carbocycles. The number of hydrogen-bond donors (Lipinski definition) is 1. The average Bonchev–Trinajstić information content (AvgIpc) is 3.41. The van der Waals surface area contributed by atoms with Crippen LogP contribution in [0.15, 0.2) is 59.6 Å². The van der Waals surface area contributed by atoms with Crippen molar-refractivity contribution in [1.82, 2.24) is 29.5 Å². The molecule has 0 atom stereocenters. The molecule has 0 radical (unpaired) electrons. The summed E-state index contributed by atoms with van der Waals surface area (Å²) in [6.07, 6.45) is 1.94. The Kier molecular flexibility index (Phi) is 4.40. The Morgan fingerprint density at radius 1 is 0.938 bits per heavy atom. The van der Waals surface area contributed by atoms with E-state index in [1.54, 1.807) is 16.8 Å². The second-order valence-corrected chi connectivity index (χ2v) is 7.08. The second kappa shape index (κ2) is 7.15. The van der Waals surface area contributed by atoms with Gasteiger partial charge in [0, 0.05) is 18.6 Å². The second-order valence-electron chi connectivity index (χ2n) is 7.08. The lowest BCUT2D eigenvalue weighted by Crippen LogP contribution is -2.04. The lowest BCUT2D eigenvalue weighted by molar-refractivity contribution is -0.137. The number of alkyl halides is 3. The highest BCUT2D eigenvalue weighted by Gasteiger charge is 2.30. The predicted molar refractivity (Wildman–Crippen MR) is 109 cm³/mol. The number of hydrogen-bond acceptors (Lipinski definition) is 7. The number of aromatic nitrogens is 6. The molecule has 0 saturated heterocycles. The zero-order valence-electron chi connectivity index (χ0n) is 16.5. The highest BCUT2D eigenvalue weighted by molar-refractivity contribution is 5.70. The van der Waals surface area contributed by atoms with Gasteiger partial charge < -0.3 is 10.3 Å². The molecule has 8 nitrogen and oxygen atoms in total. The summed E-state index contributed by atoms with van der Waals surface area (Å²) >= 11 is 0. The standard InChI is InChI=1S/C21H14F3N7O/c1-11-6-13(12-2-4-15(5-3-12)21(22,23)24)10-31-16(9-26-18(11)31)19-29-17(30-32-19)14-7-27-20(25)28-8-14/h2-10H,1H3,(H2,25,27,28). The van der Waals surface area contributed by atoms with Crippen molar-refractivity contribution < 1.29 is 17.7 Å². The largest absolute Gasteiger partial charge is 0.416 e. The predicted octanol–water partition coefficient (Wildman–Crippen LogP) is 4.42. The summed E-state index contributed by atoms with van der Waals surface area (Å²) in [5.74, 6) is 0.629. The number of fused-ring (bicyclic) bond motifs is 1. The van der Waals surface area contributed by atoms with Gasteiger partial charge in [-0.1, -0.05) is 17.3 Å². The van der Waals surface area contributed by atoms with Crippen LogP contribution in [0.25, 0.3) is 39.7 Å². The fourth-order valence-corrected chi connectivity index (χ4v) is 3.32. The van der Waals surface area contributed by atoms with Gasteiger partial charge >= 0.3 is 6.18 Å². The molecule has 4 heterocycles. The minimum atomic E-state index is -4.39. The van der Waals surface area contributed by atoms with Crippen LogP contribution < -0.4 is 5.73 Å². The van der Waals surface area contributed by atoms with Crippen LogP contribution in [0.5, 0.6) is 0 Å². The van der Waals surface area contributed by atoms with E-state index in [0.717, 1.165) is 23.3 Å². The van der Waals surface area contributed by atoms with Gasteiger partial charge in [-0.05, 0) is 41.8 Å². The highest BCUT2D eigenvalue weighted by Crippen LogP contribution is 2.32.